The second-order valence-corrected chi connectivity index (χ2v) is 8.16. The zero-order valence-electron chi connectivity index (χ0n) is 18.4. The van der Waals surface area contributed by atoms with Crippen molar-refractivity contribution in [3.05, 3.63) is 144 Å². The lowest BCUT2D eigenvalue weighted by atomic mass is 9.89. The van der Waals surface area contributed by atoms with Crippen LogP contribution in [0, 0.1) is 0 Å². The van der Waals surface area contributed by atoms with Crippen molar-refractivity contribution in [2.75, 3.05) is 0 Å². The minimum absolute atomic E-state index is 0.274. The molecule has 3 heteroatoms. The van der Waals surface area contributed by atoms with E-state index >= 15 is 0 Å². The van der Waals surface area contributed by atoms with Crippen molar-refractivity contribution < 1.29 is 9.59 Å². The van der Waals surface area contributed by atoms with Crippen LogP contribution in [0.25, 0.3) is 0 Å². The molecule has 0 bridgehead atoms. The van der Waals surface area contributed by atoms with E-state index in [1.54, 1.807) is 0 Å². The first kappa shape index (κ1) is 22.2. The van der Waals surface area contributed by atoms with Gasteiger partial charge in [0.05, 0.1) is 11.8 Å². The van der Waals surface area contributed by atoms with Gasteiger partial charge in [0.15, 0.2) is 0 Å². The number of amides is 2. The molecule has 1 N–H and O–H groups in total. The van der Waals surface area contributed by atoms with Gasteiger partial charge < -0.3 is 0 Å². The van der Waals surface area contributed by atoms with E-state index < -0.39 is 11.8 Å². The monoisotopic (exact) mass is 433 g/mol. The Hall–Kier alpha value is -3.98. The van der Waals surface area contributed by atoms with Crippen LogP contribution in [0.15, 0.2) is 121 Å². The lowest BCUT2D eigenvalue weighted by Gasteiger charge is -2.21. The number of benzene rings is 4. The molecule has 0 saturated heterocycles. The highest BCUT2D eigenvalue weighted by Gasteiger charge is 2.27. The third-order valence-electron chi connectivity index (χ3n) is 5.85. The van der Waals surface area contributed by atoms with Gasteiger partial charge in [-0.3, -0.25) is 14.9 Å². The number of hydrogen-bond donors (Lipinski definition) is 1. The van der Waals surface area contributed by atoms with E-state index in [0.29, 0.717) is 12.8 Å². The Labute approximate surface area is 195 Å². The van der Waals surface area contributed by atoms with Crippen LogP contribution in [0.3, 0.4) is 0 Å². The fraction of sp³-hybridized carbons (Fsp3) is 0.133. The first-order valence-corrected chi connectivity index (χ1v) is 11.2. The maximum Gasteiger partial charge on any atom is 0.234 e. The third-order valence-corrected chi connectivity index (χ3v) is 5.85. The first-order valence-electron chi connectivity index (χ1n) is 11.2. The van der Waals surface area contributed by atoms with Crippen LogP contribution < -0.4 is 5.32 Å². The molecule has 0 aliphatic rings. The fourth-order valence-electron chi connectivity index (χ4n) is 4.09. The Bertz CT molecular complexity index is 1060. The molecule has 0 aliphatic heterocycles. The van der Waals surface area contributed by atoms with E-state index in [-0.39, 0.29) is 11.8 Å². The molecule has 0 fully saturated rings. The maximum atomic E-state index is 13.4. The molecule has 33 heavy (non-hydrogen) atoms. The summed E-state index contributed by atoms with van der Waals surface area (Å²) in [6.45, 7) is 0. The van der Waals surface area contributed by atoms with Crippen molar-refractivity contribution in [3.8, 4) is 0 Å². The molecule has 4 aromatic carbocycles. The van der Waals surface area contributed by atoms with Crippen LogP contribution in [-0.2, 0) is 22.4 Å². The maximum absolute atomic E-state index is 13.4. The highest BCUT2D eigenvalue weighted by atomic mass is 16.2. The van der Waals surface area contributed by atoms with Gasteiger partial charge in [-0.2, -0.15) is 0 Å². The predicted octanol–water partition coefficient (Wildman–Crippen LogP) is 5.68. The molecule has 0 aliphatic carbocycles. The van der Waals surface area contributed by atoms with Gasteiger partial charge in [0.1, 0.15) is 0 Å². The Balaban J connectivity index is 1.57. The molecular formula is C30H27NO2. The van der Waals surface area contributed by atoms with Crippen molar-refractivity contribution in [3.63, 3.8) is 0 Å². The van der Waals surface area contributed by atoms with E-state index in [0.717, 1.165) is 22.3 Å². The molecule has 0 heterocycles. The van der Waals surface area contributed by atoms with Crippen LogP contribution in [0.1, 0.15) is 34.1 Å². The summed E-state index contributed by atoms with van der Waals surface area (Å²) in [5.41, 5.74) is 3.90. The van der Waals surface area contributed by atoms with Crippen molar-refractivity contribution in [2.24, 2.45) is 0 Å². The van der Waals surface area contributed by atoms with Crippen LogP contribution >= 0.6 is 0 Å². The SMILES string of the molecule is O=C(NC(=O)C(Cc1ccccc1)c1ccccc1)C(Cc1ccccc1)c1ccccc1. The summed E-state index contributed by atoms with van der Waals surface area (Å²) in [5.74, 6) is -1.45. The first-order chi connectivity index (χ1) is 16.2. The molecule has 2 unspecified atom stereocenters. The molecule has 3 nitrogen and oxygen atoms in total. The number of nitrogens with one attached hydrogen (secondary N) is 1. The average Bonchev–Trinajstić information content (AvgIpc) is 2.88. The molecule has 164 valence electrons. The minimum Gasteiger partial charge on any atom is -0.295 e. The van der Waals surface area contributed by atoms with E-state index in [1.807, 2.05) is 121 Å². The van der Waals surface area contributed by atoms with Gasteiger partial charge in [-0.05, 0) is 35.1 Å². The molecule has 2 atom stereocenters. The summed E-state index contributed by atoms with van der Waals surface area (Å²) in [4.78, 5) is 26.8. The van der Waals surface area contributed by atoms with Crippen LogP contribution in [0.2, 0.25) is 0 Å². The molecule has 0 radical (unpaired) electrons. The molecule has 2 amide bonds. The lowest BCUT2D eigenvalue weighted by molar-refractivity contribution is -0.132. The molecular weight excluding hydrogens is 406 g/mol. The van der Waals surface area contributed by atoms with Gasteiger partial charge in [-0.25, -0.2) is 0 Å². The van der Waals surface area contributed by atoms with E-state index in [9.17, 15) is 9.59 Å². The zero-order valence-corrected chi connectivity index (χ0v) is 18.4. The minimum atomic E-state index is -0.453. The van der Waals surface area contributed by atoms with Gasteiger partial charge >= 0.3 is 0 Å². The Morgan fingerprint density at radius 3 is 1.12 bits per heavy atom. The van der Waals surface area contributed by atoms with Crippen LogP contribution in [0.5, 0.6) is 0 Å². The van der Waals surface area contributed by atoms with Gasteiger partial charge in [-0.15, -0.1) is 0 Å². The summed E-state index contributed by atoms with van der Waals surface area (Å²) in [6.07, 6.45) is 1.05. The largest absolute Gasteiger partial charge is 0.295 e. The summed E-state index contributed by atoms with van der Waals surface area (Å²) in [6, 6.07) is 39.1. The Morgan fingerprint density at radius 2 is 0.788 bits per heavy atom. The van der Waals surface area contributed by atoms with Crippen LogP contribution in [0.4, 0.5) is 0 Å². The van der Waals surface area contributed by atoms with E-state index in [4.69, 9.17) is 0 Å². The number of rotatable bonds is 8. The molecule has 4 rings (SSSR count). The van der Waals surface area contributed by atoms with Gasteiger partial charge in [0.25, 0.3) is 0 Å². The predicted molar refractivity (Wildman–Crippen MR) is 132 cm³/mol. The molecule has 0 spiro atoms. The number of carbonyl (C=O) groups is 2. The van der Waals surface area contributed by atoms with E-state index in [1.165, 1.54) is 0 Å². The second kappa shape index (κ2) is 11.1. The quantitative estimate of drug-likeness (QED) is 0.388. The van der Waals surface area contributed by atoms with Gasteiger partial charge in [-0.1, -0.05) is 121 Å². The Kier molecular flexibility index (Phi) is 7.44. The molecule has 4 aromatic rings. The topological polar surface area (TPSA) is 46.2 Å². The summed E-state index contributed by atoms with van der Waals surface area (Å²) in [5, 5.41) is 2.74. The van der Waals surface area contributed by atoms with Crippen LogP contribution in [-0.4, -0.2) is 11.8 Å². The highest BCUT2D eigenvalue weighted by Crippen LogP contribution is 2.24. The van der Waals surface area contributed by atoms with Crippen molar-refractivity contribution in [1.82, 2.24) is 5.32 Å². The summed E-state index contributed by atoms with van der Waals surface area (Å²) in [7, 11) is 0. The number of carbonyl (C=O) groups excluding carboxylic acids is 2. The third kappa shape index (κ3) is 6.05. The van der Waals surface area contributed by atoms with Gasteiger partial charge in [0.2, 0.25) is 11.8 Å². The fourth-order valence-corrected chi connectivity index (χ4v) is 4.09. The standard InChI is InChI=1S/C30H27NO2/c32-29(27(25-17-9-3-10-18-25)21-23-13-5-1-6-14-23)31-30(33)28(26-19-11-4-12-20-26)22-24-15-7-2-8-16-24/h1-20,27-28H,21-22H2,(H,31,32,33). The zero-order chi connectivity index (χ0) is 22.9. The highest BCUT2D eigenvalue weighted by molar-refractivity contribution is 6.01. The average molecular weight is 434 g/mol. The van der Waals surface area contributed by atoms with E-state index in [2.05, 4.69) is 5.32 Å². The number of imide groups is 1. The summed E-state index contributed by atoms with van der Waals surface area (Å²) >= 11 is 0. The summed E-state index contributed by atoms with van der Waals surface area (Å²) < 4.78 is 0. The number of hydrogen-bond acceptors (Lipinski definition) is 2. The van der Waals surface area contributed by atoms with Gasteiger partial charge in [0, 0.05) is 0 Å². The Morgan fingerprint density at radius 1 is 0.485 bits per heavy atom. The lowest BCUT2D eigenvalue weighted by Crippen LogP contribution is -2.39. The molecule has 0 saturated carbocycles. The smallest absolute Gasteiger partial charge is 0.234 e. The van der Waals surface area contributed by atoms with Crippen molar-refractivity contribution in [2.45, 2.75) is 24.7 Å². The normalized spacial score (nSPS) is 12.5. The van der Waals surface area contributed by atoms with Crippen molar-refractivity contribution >= 4 is 11.8 Å². The molecule has 0 aromatic heterocycles. The van der Waals surface area contributed by atoms with Crippen molar-refractivity contribution in [1.29, 1.82) is 0 Å². The second-order valence-electron chi connectivity index (χ2n) is 8.16.